The van der Waals surface area contributed by atoms with Crippen molar-refractivity contribution in [3.8, 4) is 0 Å². The van der Waals surface area contributed by atoms with Gasteiger partial charge in [-0.25, -0.2) is 0 Å². The van der Waals surface area contributed by atoms with Gasteiger partial charge in [-0.05, 0) is 26.8 Å². The Balaban J connectivity index is 2.96. The van der Waals surface area contributed by atoms with Crippen LogP contribution in [0.5, 0.6) is 0 Å². The first-order chi connectivity index (χ1) is 8.47. The number of rotatable bonds is 6. The standard InChI is InChI=1S/C13H19FN2O2/c1-4-8-15(10(2)3)9-11-6-5-7-12(13(11)14)16(17)18/h5-7,10H,4,8-9H2,1-3H3. The van der Waals surface area contributed by atoms with Gasteiger partial charge in [0.25, 0.3) is 0 Å². The molecule has 0 heterocycles. The normalized spacial score (nSPS) is 11.2. The van der Waals surface area contributed by atoms with Crippen molar-refractivity contribution >= 4 is 5.69 Å². The summed E-state index contributed by atoms with van der Waals surface area (Å²) in [5.41, 5.74) is -0.0703. The van der Waals surface area contributed by atoms with Gasteiger partial charge in [-0.1, -0.05) is 19.1 Å². The van der Waals surface area contributed by atoms with Crippen LogP contribution in [0.25, 0.3) is 0 Å². The highest BCUT2D eigenvalue weighted by molar-refractivity contribution is 5.36. The maximum atomic E-state index is 13.9. The number of hydrogen-bond acceptors (Lipinski definition) is 3. The molecule has 0 N–H and O–H groups in total. The van der Waals surface area contributed by atoms with Crippen LogP contribution in [-0.2, 0) is 6.54 Å². The SMILES string of the molecule is CCCN(Cc1cccc([N+](=O)[O-])c1F)C(C)C. The fraction of sp³-hybridized carbons (Fsp3) is 0.538. The van der Waals surface area contributed by atoms with Gasteiger partial charge in [-0.2, -0.15) is 4.39 Å². The second kappa shape index (κ2) is 6.44. The number of nitro groups is 1. The molecule has 1 aromatic rings. The summed E-state index contributed by atoms with van der Waals surface area (Å²) in [6.45, 7) is 7.37. The second-order valence-corrected chi connectivity index (χ2v) is 4.57. The van der Waals surface area contributed by atoms with Gasteiger partial charge in [0.15, 0.2) is 0 Å². The van der Waals surface area contributed by atoms with E-state index in [4.69, 9.17) is 0 Å². The molecule has 0 atom stereocenters. The van der Waals surface area contributed by atoms with Gasteiger partial charge in [0.1, 0.15) is 0 Å². The van der Waals surface area contributed by atoms with E-state index in [1.807, 2.05) is 13.8 Å². The topological polar surface area (TPSA) is 46.4 Å². The molecule has 0 saturated heterocycles. The monoisotopic (exact) mass is 254 g/mol. The minimum absolute atomic E-state index is 0.281. The smallest absolute Gasteiger partial charge is 0.297 e. The van der Waals surface area contributed by atoms with Gasteiger partial charge in [0.05, 0.1) is 4.92 Å². The molecule has 0 unspecified atom stereocenters. The maximum Gasteiger partial charge on any atom is 0.305 e. The predicted molar refractivity (Wildman–Crippen MR) is 68.9 cm³/mol. The van der Waals surface area contributed by atoms with Gasteiger partial charge in [0.2, 0.25) is 5.82 Å². The molecule has 1 rings (SSSR count). The lowest BCUT2D eigenvalue weighted by molar-refractivity contribution is -0.387. The van der Waals surface area contributed by atoms with Gasteiger partial charge in [0, 0.05) is 24.2 Å². The number of halogens is 1. The van der Waals surface area contributed by atoms with Crippen molar-refractivity contribution in [1.29, 1.82) is 0 Å². The fourth-order valence-electron chi connectivity index (χ4n) is 1.86. The molecule has 1 aromatic carbocycles. The van der Waals surface area contributed by atoms with E-state index >= 15 is 0 Å². The zero-order valence-electron chi connectivity index (χ0n) is 11.0. The Labute approximate surface area is 107 Å². The molecule has 0 aromatic heterocycles. The largest absolute Gasteiger partial charge is 0.305 e. The molecule has 0 aliphatic heterocycles. The Morgan fingerprint density at radius 3 is 2.61 bits per heavy atom. The lowest BCUT2D eigenvalue weighted by atomic mass is 10.1. The molecule has 0 spiro atoms. The van der Waals surface area contributed by atoms with Crippen LogP contribution in [0.1, 0.15) is 32.8 Å². The van der Waals surface area contributed by atoms with Crippen LogP contribution in [0.3, 0.4) is 0 Å². The number of benzene rings is 1. The lowest BCUT2D eigenvalue weighted by Crippen LogP contribution is -2.31. The summed E-state index contributed by atoms with van der Waals surface area (Å²) in [5.74, 6) is -0.718. The van der Waals surface area contributed by atoms with Crippen LogP contribution in [0, 0.1) is 15.9 Å². The molecule has 0 radical (unpaired) electrons. The Hall–Kier alpha value is -1.49. The molecular formula is C13H19FN2O2. The summed E-state index contributed by atoms with van der Waals surface area (Å²) >= 11 is 0. The Bertz CT molecular complexity index is 421. The highest BCUT2D eigenvalue weighted by Crippen LogP contribution is 2.22. The molecule has 100 valence electrons. The first-order valence-electron chi connectivity index (χ1n) is 6.13. The van der Waals surface area contributed by atoms with Gasteiger partial charge in [-0.3, -0.25) is 15.0 Å². The van der Waals surface area contributed by atoms with Crippen LogP contribution in [0.4, 0.5) is 10.1 Å². The van der Waals surface area contributed by atoms with Crippen LogP contribution >= 0.6 is 0 Å². The van der Waals surface area contributed by atoms with Crippen molar-refractivity contribution in [2.45, 2.75) is 39.8 Å². The van der Waals surface area contributed by atoms with Crippen molar-refractivity contribution in [3.05, 3.63) is 39.7 Å². The van der Waals surface area contributed by atoms with Crippen molar-refractivity contribution in [3.63, 3.8) is 0 Å². The van der Waals surface area contributed by atoms with Crippen LogP contribution in [0.2, 0.25) is 0 Å². The third-order valence-electron chi connectivity index (χ3n) is 2.87. The molecular weight excluding hydrogens is 235 g/mol. The molecule has 0 bridgehead atoms. The van der Waals surface area contributed by atoms with Crippen molar-refractivity contribution < 1.29 is 9.31 Å². The predicted octanol–water partition coefficient (Wildman–Crippen LogP) is 3.35. The van der Waals surface area contributed by atoms with Crippen molar-refractivity contribution in [1.82, 2.24) is 4.90 Å². The first-order valence-corrected chi connectivity index (χ1v) is 6.13. The fourth-order valence-corrected chi connectivity index (χ4v) is 1.86. The third-order valence-corrected chi connectivity index (χ3v) is 2.87. The first kappa shape index (κ1) is 14.6. The van der Waals surface area contributed by atoms with Crippen molar-refractivity contribution in [2.24, 2.45) is 0 Å². The highest BCUT2D eigenvalue weighted by Gasteiger charge is 2.19. The lowest BCUT2D eigenvalue weighted by Gasteiger charge is -2.26. The summed E-state index contributed by atoms with van der Waals surface area (Å²) in [7, 11) is 0. The van der Waals surface area contributed by atoms with E-state index in [0.29, 0.717) is 12.1 Å². The van der Waals surface area contributed by atoms with E-state index in [2.05, 4.69) is 11.8 Å². The average molecular weight is 254 g/mol. The molecule has 0 fully saturated rings. The van der Waals surface area contributed by atoms with E-state index in [9.17, 15) is 14.5 Å². The summed E-state index contributed by atoms with van der Waals surface area (Å²) in [4.78, 5) is 12.1. The number of nitrogens with zero attached hydrogens (tertiary/aromatic N) is 2. The van der Waals surface area contributed by atoms with E-state index in [-0.39, 0.29) is 6.04 Å². The molecule has 0 aliphatic rings. The quantitative estimate of drug-likeness (QED) is 0.577. The zero-order valence-corrected chi connectivity index (χ0v) is 11.0. The highest BCUT2D eigenvalue weighted by atomic mass is 19.1. The van der Waals surface area contributed by atoms with Crippen molar-refractivity contribution in [2.75, 3.05) is 6.54 Å². The van der Waals surface area contributed by atoms with Crippen LogP contribution in [0.15, 0.2) is 18.2 Å². The molecule has 0 saturated carbocycles. The molecule has 4 nitrogen and oxygen atoms in total. The molecule has 0 amide bonds. The van der Waals surface area contributed by atoms with E-state index in [1.54, 1.807) is 6.07 Å². The maximum absolute atomic E-state index is 13.9. The average Bonchev–Trinajstić information content (AvgIpc) is 2.30. The summed E-state index contributed by atoms with van der Waals surface area (Å²) < 4.78 is 13.9. The van der Waals surface area contributed by atoms with E-state index in [1.165, 1.54) is 12.1 Å². The van der Waals surface area contributed by atoms with Gasteiger partial charge >= 0.3 is 5.69 Å². The Kier molecular flexibility index (Phi) is 5.22. The summed E-state index contributed by atoms with van der Waals surface area (Å²) in [6.07, 6.45) is 0.967. The molecule has 0 aliphatic carbocycles. The van der Waals surface area contributed by atoms with E-state index in [0.717, 1.165) is 13.0 Å². The van der Waals surface area contributed by atoms with Gasteiger partial charge in [-0.15, -0.1) is 0 Å². The Morgan fingerprint density at radius 1 is 1.44 bits per heavy atom. The molecule has 5 heteroatoms. The minimum atomic E-state index is -0.718. The van der Waals surface area contributed by atoms with E-state index < -0.39 is 16.4 Å². The van der Waals surface area contributed by atoms with Crippen LogP contribution < -0.4 is 0 Å². The number of hydrogen-bond donors (Lipinski definition) is 0. The van der Waals surface area contributed by atoms with Crippen LogP contribution in [-0.4, -0.2) is 22.4 Å². The summed E-state index contributed by atoms with van der Waals surface area (Å²) in [5, 5.41) is 10.7. The Morgan fingerprint density at radius 2 is 2.11 bits per heavy atom. The minimum Gasteiger partial charge on any atom is -0.297 e. The van der Waals surface area contributed by atoms with Gasteiger partial charge < -0.3 is 0 Å². The summed E-state index contributed by atoms with van der Waals surface area (Å²) in [6, 6.07) is 4.61. The third kappa shape index (κ3) is 3.50. The number of nitro benzene ring substituents is 1. The zero-order chi connectivity index (χ0) is 13.7. The second-order valence-electron chi connectivity index (χ2n) is 4.57. The molecule has 18 heavy (non-hydrogen) atoms.